The van der Waals surface area contributed by atoms with E-state index in [2.05, 4.69) is 39.0 Å². The van der Waals surface area contributed by atoms with E-state index in [0.29, 0.717) is 0 Å². The molecule has 0 aliphatic carbocycles. The summed E-state index contributed by atoms with van der Waals surface area (Å²) in [7, 11) is 4.02. The van der Waals surface area contributed by atoms with Gasteiger partial charge in [0.25, 0.3) is 0 Å². The Hall–Kier alpha value is -1.33. The third-order valence-electron chi connectivity index (χ3n) is 2.73. The molecule has 0 amide bonds. The Morgan fingerprint density at radius 1 is 1.39 bits per heavy atom. The summed E-state index contributed by atoms with van der Waals surface area (Å²) >= 11 is 3.54. The largest absolute Gasteiger partial charge is 0.399 e. The summed E-state index contributed by atoms with van der Waals surface area (Å²) in [5.41, 5.74) is 8.95. The monoisotopic (exact) mass is 308 g/mol. The van der Waals surface area contributed by atoms with Gasteiger partial charge in [0.15, 0.2) is 0 Å². The zero-order valence-corrected chi connectivity index (χ0v) is 12.2. The van der Waals surface area contributed by atoms with Crippen LogP contribution in [0.2, 0.25) is 0 Å². The van der Waals surface area contributed by atoms with Crippen molar-refractivity contribution in [2.75, 3.05) is 12.8 Å². The fraction of sp³-hybridized carbons (Fsp3) is 0.308. The molecule has 0 aliphatic rings. The van der Waals surface area contributed by atoms with Crippen molar-refractivity contribution >= 4 is 21.6 Å². The molecule has 0 bridgehead atoms. The molecule has 0 atom stereocenters. The second kappa shape index (κ2) is 5.54. The minimum atomic E-state index is 0.778. The molecular weight excluding hydrogens is 292 g/mol. The van der Waals surface area contributed by atoms with Gasteiger partial charge in [-0.25, -0.2) is 0 Å². The average molecular weight is 309 g/mol. The van der Waals surface area contributed by atoms with Crippen molar-refractivity contribution in [2.24, 2.45) is 7.05 Å². The van der Waals surface area contributed by atoms with Crippen LogP contribution in [-0.4, -0.2) is 21.7 Å². The second-order valence-corrected chi connectivity index (χ2v) is 5.40. The Bertz CT molecular complexity index is 536. The van der Waals surface area contributed by atoms with Gasteiger partial charge in [0.05, 0.1) is 6.20 Å². The first kappa shape index (κ1) is 13.1. The number of nitrogen functional groups attached to an aromatic ring is 1. The van der Waals surface area contributed by atoms with Crippen LogP contribution in [-0.2, 0) is 20.1 Å². The number of halogens is 1. The Balaban J connectivity index is 2.00. The number of benzene rings is 1. The minimum Gasteiger partial charge on any atom is -0.399 e. The van der Waals surface area contributed by atoms with Gasteiger partial charge >= 0.3 is 0 Å². The molecule has 1 aromatic carbocycles. The highest BCUT2D eigenvalue weighted by molar-refractivity contribution is 9.10. The predicted molar refractivity (Wildman–Crippen MR) is 76.9 cm³/mol. The number of aryl methyl sites for hydroxylation is 1. The fourth-order valence-corrected chi connectivity index (χ4v) is 2.43. The van der Waals surface area contributed by atoms with Crippen LogP contribution in [0.3, 0.4) is 0 Å². The van der Waals surface area contributed by atoms with Crippen LogP contribution in [0.5, 0.6) is 0 Å². The van der Waals surface area contributed by atoms with Crippen LogP contribution in [0.25, 0.3) is 0 Å². The summed E-state index contributed by atoms with van der Waals surface area (Å²) in [6.07, 6.45) is 3.93. The lowest BCUT2D eigenvalue weighted by Gasteiger charge is -2.16. The van der Waals surface area contributed by atoms with Gasteiger partial charge < -0.3 is 5.73 Å². The van der Waals surface area contributed by atoms with Gasteiger partial charge in [-0.2, -0.15) is 5.10 Å². The van der Waals surface area contributed by atoms with E-state index in [4.69, 9.17) is 5.73 Å². The molecule has 0 saturated heterocycles. The fourth-order valence-electron chi connectivity index (χ4n) is 1.90. The van der Waals surface area contributed by atoms with Crippen molar-refractivity contribution < 1.29 is 0 Å². The summed E-state index contributed by atoms with van der Waals surface area (Å²) in [6, 6.07) is 5.92. The van der Waals surface area contributed by atoms with Crippen LogP contribution >= 0.6 is 15.9 Å². The molecule has 1 heterocycles. The first-order chi connectivity index (χ1) is 8.54. The van der Waals surface area contributed by atoms with E-state index in [0.717, 1.165) is 23.2 Å². The Kier molecular flexibility index (Phi) is 4.04. The van der Waals surface area contributed by atoms with E-state index in [1.165, 1.54) is 11.1 Å². The molecule has 0 saturated carbocycles. The number of rotatable bonds is 4. The Labute approximate surface area is 116 Å². The van der Waals surface area contributed by atoms with Crippen molar-refractivity contribution in [3.05, 3.63) is 46.2 Å². The number of nitrogens with two attached hydrogens (primary N) is 1. The first-order valence-corrected chi connectivity index (χ1v) is 6.54. The van der Waals surface area contributed by atoms with Crippen LogP contribution in [0.1, 0.15) is 11.1 Å². The maximum Gasteiger partial charge on any atom is 0.0534 e. The molecule has 1 aromatic heterocycles. The van der Waals surface area contributed by atoms with Crippen LogP contribution in [0.4, 0.5) is 5.69 Å². The highest BCUT2D eigenvalue weighted by atomic mass is 79.9. The average Bonchev–Trinajstić information content (AvgIpc) is 2.68. The normalized spacial score (nSPS) is 11.1. The maximum absolute atomic E-state index is 5.73. The van der Waals surface area contributed by atoms with Crippen molar-refractivity contribution in [1.82, 2.24) is 14.7 Å². The molecule has 0 radical (unpaired) electrons. The third-order valence-corrected chi connectivity index (χ3v) is 3.47. The van der Waals surface area contributed by atoms with E-state index >= 15 is 0 Å². The van der Waals surface area contributed by atoms with E-state index in [-0.39, 0.29) is 0 Å². The van der Waals surface area contributed by atoms with Gasteiger partial charge in [-0.1, -0.05) is 22.0 Å². The van der Waals surface area contributed by atoms with E-state index in [1.54, 1.807) is 0 Å². The van der Waals surface area contributed by atoms with Gasteiger partial charge in [-0.05, 0) is 24.7 Å². The van der Waals surface area contributed by atoms with Crippen molar-refractivity contribution in [3.8, 4) is 0 Å². The summed E-state index contributed by atoms with van der Waals surface area (Å²) in [4.78, 5) is 2.24. The van der Waals surface area contributed by atoms with Crippen molar-refractivity contribution in [3.63, 3.8) is 0 Å². The van der Waals surface area contributed by atoms with Gasteiger partial charge in [-0.15, -0.1) is 0 Å². The SMILES string of the molecule is CN(Cc1cnn(C)c1)Cc1ccc(N)cc1Br. The van der Waals surface area contributed by atoms with Gasteiger partial charge in [0.2, 0.25) is 0 Å². The van der Waals surface area contributed by atoms with Crippen molar-refractivity contribution in [2.45, 2.75) is 13.1 Å². The second-order valence-electron chi connectivity index (χ2n) is 4.55. The lowest BCUT2D eigenvalue weighted by Crippen LogP contribution is -2.17. The lowest BCUT2D eigenvalue weighted by atomic mass is 10.2. The minimum absolute atomic E-state index is 0.778. The number of anilines is 1. The quantitative estimate of drug-likeness (QED) is 0.882. The molecule has 5 heteroatoms. The molecule has 2 rings (SSSR count). The summed E-state index contributed by atoms with van der Waals surface area (Å²) in [6.45, 7) is 1.75. The summed E-state index contributed by atoms with van der Waals surface area (Å²) < 4.78 is 2.88. The van der Waals surface area contributed by atoms with Gasteiger partial charge in [0, 0.05) is 42.1 Å². The van der Waals surface area contributed by atoms with E-state index in [9.17, 15) is 0 Å². The molecular formula is C13H17BrN4. The van der Waals surface area contributed by atoms with Gasteiger partial charge in [-0.3, -0.25) is 9.58 Å². The van der Waals surface area contributed by atoms with Crippen molar-refractivity contribution in [1.29, 1.82) is 0 Å². The molecule has 2 N–H and O–H groups in total. The smallest absolute Gasteiger partial charge is 0.0534 e. The number of hydrogen-bond acceptors (Lipinski definition) is 3. The van der Waals surface area contributed by atoms with E-state index < -0.39 is 0 Å². The Morgan fingerprint density at radius 3 is 2.78 bits per heavy atom. The molecule has 18 heavy (non-hydrogen) atoms. The zero-order valence-electron chi connectivity index (χ0n) is 10.6. The van der Waals surface area contributed by atoms with Gasteiger partial charge in [0.1, 0.15) is 0 Å². The summed E-state index contributed by atoms with van der Waals surface area (Å²) in [5.74, 6) is 0. The molecule has 4 nitrogen and oxygen atoms in total. The standard InChI is InChI=1S/C13H17BrN4/c1-17(7-10-6-16-18(2)8-10)9-11-3-4-12(15)5-13(11)14/h3-6,8H,7,9,15H2,1-2H3. The molecule has 0 fully saturated rings. The zero-order chi connectivity index (χ0) is 13.1. The molecule has 0 spiro atoms. The number of nitrogens with zero attached hydrogens (tertiary/aromatic N) is 3. The summed E-state index contributed by atoms with van der Waals surface area (Å²) in [5, 5.41) is 4.17. The lowest BCUT2D eigenvalue weighted by molar-refractivity contribution is 0.318. The maximum atomic E-state index is 5.73. The number of aromatic nitrogens is 2. The van der Waals surface area contributed by atoms with Crippen LogP contribution in [0, 0.1) is 0 Å². The Morgan fingerprint density at radius 2 is 2.17 bits per heavy atom. The topological polar surface area (TPSA) is 47.1 Å². The predicted octanol–water partition coefficient (Wildman–Crippen LogP) is 2.40. The highest BCUT2D eigenvalue weighted by Gasteiger charge is 2.06. The van der Waals surface area contributed by atoms with Crippen LogP contribution in [0.15, 0.2) is 35.1 Å². The molecule has 0 unspecified atom stereocenters. The highest BCUT2D eigenvalue weighted by Crippen LogP contribution is 2.21. The van der Waals surface area contributed by atoms with Crippen LogP contribution < -0.4 is 5.73 Å². The molecule has 96 valence electrons. The first-order valence-electron chi connectivity index (χ1n) is 5.74. The third kappa shape index (κ3) is 3.34. The molecule has 0 aliphatic heterocycles. The number of hydrogen-bond donors (Lipinski definition) is 1. The van der Waals surface area contributed by atoms with E-state index in [1.807, 2.05) is 36.3 Å². The molecule has 2 aromatic rings.